The Kier molecular flexibility index (Phi) is 11.6. The Labute approximate surface area is 137 Å². The first kappa shape index (κ1) is 18.9. The number of ether oxygens (including phenoxy) is 3. The van der Waals surface area contributed by atoms with Gasteiger partial charge >= 0.3 is 138 Å². The zero-order valence-electron chi connectivity index (χ0n) is 10.7. The van der Waals surface area contributed by atoms with E-state index in [0.29, 0.717) is 19.8 Å². The molecule has 110 valence electrons. The van der Waals surface area contributed by atoms with Crippen LogP contribution in [0.1, 0.15) is 20.8 Å². The van der Waals surface area contributed by atoms with Gasteiger partial charge in [-0.2, -0.15) is 0 Å². The predicted molar refractivity (Wildman–Crippen MR) is 81.7 cm³/mol. The summed E-state index contributed by atoms with van der Waals surface area (Å²) in [4.78, 5) is 0. The first-order valence-corrected chi connectivity index (χ1v) is 9.72. The quantitative estimate of drug-likeness (QED) is 0.459. The molecule has 0 aliphatic carbocycles. The summed E-state index contributed by atoms with van der Waals surface area (Å²) in [6.45, 7) is 6.44. The second-order valence-electron chi connectivity index (χ2n) is 2.55. The van der Waals surface area contributed by atoms with Crippen LogP contribution in [0.3, 0.4) is 0 Å². The van der Waals surface area contributed by atoms with Crippen LogP contribution in [-0.4, -0.2) is 57.0 Å². The second-order valence-corrected chi connectivity index (χ2v) is 6.39. The van der Waals surface area contributed by atoms with Gasteiger partial charge in [-0.25, -0.2) is 0 Å². The third-order valence-corrected chi connectivity index (χ3v) is 5.64. The van der Waals surface area contributed by atoms with Gasteiger partial charge in [-0.05, 0) is 0 Å². The molecule has 0 aliphatic heterocycles. The average molecular weight is 437 g/mol. The van der Waals surface area contributed by atoms with Crippen molar-refractivity contribution >= 4 is 73.8 Å². The number of thiocarbonyl (C=S) groups is 3. The van der Waals surface area contributed by atoms with E-state index in [1.165, 1.54) is 0 Å². The van der Waals surface area contributed by atoms with Gasteiger partial charge in [0.05, 0.1) is 0 Å². The van der Waals surface area contributed by atoms with Crippen LogP contribution in [0.2, 0.25) is 0 Å². The molecule has 0 bridgehead atoms. The average Bonchev–Trinajstić information content (AvgIpc) is 2.29. The van der Waals surface area contributed by atoms with Gasteiger partial charge < -0.3 is 0 Å². The molecule has 0 N–H and O–H groups in total. The summed E-state index contributed by atoms with van der Waals surface area (Å²) in [7, 11) is 0. The maximum atomic E-state index is 5.24. The molecular weight excluding hydrogens is 422 g/mol. The maximum absolute atomic E-state index is 5.24. The van der Waals surface area contributed by atoms with Crippen LogP contribution in [0.25, 0.3) is 0 Å². The topological polar surface area (TPSA) is 55.4 Å². The zero-order chi connectivity index (χ0) is 14.7. The first-order chi connectivity index (χ1) is 9.03. The molecule has 0 spiro atoms. The van der Waals surface area contributed by atoms with E-state index in [1.807, 2.05) is 0 Å². The van der Waals surface area contributed by atoms with Crippen molar-refractivity contribution in [3.8, 4) is 0 Å². The number of rotatable bonds is 6. The van der Waals surface area contributed by atoms with Gasteiger partial charge in [0.25, 0.3) is 0 Å². The Morgan fingerprint density at radius 3 is 1.16 bits per heavy atom. The fourth-order valence-corrected chi connectivity index (χ4v) is 4.06. The normalized spacial score (nSPS) is 9.47. The molecule has 0 rings (SSSR count). The molecule has 0 fully saturated rings. The Bertz CT molecular complexity index is 267. The van der Waals surface area contributed by atoms with Crippen molar-refractivity contribution in [2.45, 2.75) is 20.8 Å². The monoisotopic (exact) mass is 436 g/mol. The molecule has 19 heavy (non-hydrogen) atoms. The van der Waals surface area contributed by atoms with Gasteiger partial charge in [0.15, 0.2) is 0 Å². The van der Waals surface area contributed by atoms with Crippen LogP contribution >= 0.6 is 36.7 Å². The summed E-state index contributed by atoms with van der Waals surface area (Å²) in [5.74, 6) is 0. The van der Waals surface area contributed by atoms with E-state index in [0.717, 1.165) is 0 Å². The Hall–Kier alpha value is -0.112. The molecule has 0 atom stereocenters. The van der Waals surface area contributed by atoms with Crippen molar-refractivity contribution < 1.29 is 23.3 Å². The molecule has 0 saturated carbocycles. The van der Waals surface area contributed by atoms with E-state index in [2.05, 4.69) is 0 Å². The van der Waals surface area contributed by atoms with E-state index in [-0.39, 0.29) is 15.7 Å². The molecule has 0 unspecified atom stereocenters. The Balaban J connectivity index is 4.40. The Morgan fingerprint density at radius 1 is 0.684 bits per heavy atom. The predicted octanol–water partition coefficient (Wildman–Crippen LogP) is 1.99. The fourth-order valence-electron chi connectivity index (χ4n) is 0.671. The number of hydrogen-bond donors (Lipinski definition) is 0. The summed E-state index contributed by atoms with van der Waals surface area (Å²) < 4.78 is 30.7. The van der Waals surface area contributed by atoms with E-state index in [1.54, 1.807) is 20.8 Å². The SMILES string of the molecule is CCOC(=S)[O][Sb]([O]C(=S)OCC)[O]C(=S)OCC. The van der Waals surface area contributed by atoms with E-state index >= 15 is 0 Å². The minimum atomic E-state index is -3.27. The summed E-state index contributed by atoms with van der Waals surface area (Å²) in [6, 6.07) is 0. The first-order valence-electron chi connectivity index (χ1n) is 5.37. The molecule has 0 saturated heterocycles. The van der Waals surface area contributed by atoms with Crippen LogP contribution < -0.4 is 0 Å². The third-order valence-electron chi connectivity index (χ3n) is 1.23. The van der Waals surface area contributed by atoms with Gasteiger partial charge in [0.2, 0.25) is 0 Å². The van der Waals surface area contributed by atoms with Gasteiger partial charge in [-0.1, -0.05) is 0 Å². The number of hydrogen-bond acceptors (Lipinski definition) is 9. The van der Waals surface area contributed by atoms with Crippen molar-refractivity contribution in [2.75, 3.05) is 19.8 Å². The molecule has 0 aromatic carbocycles. The van der Waals surface area contributed by atoms with Gasteiger partial charge in [0, 0.05) is 0 Å². The molecule has 0 aliphatic rings. The standard InChI is InChI=1S/3C3H6O2S.Sb/c3*1-2-5-3(4)6;/h3*2H2,1H3,(H,4,6);/q;;;+3/p-3. The van der Waals surface area contributed by atoms with Gasteiger partial charge in [-0.3, -0.25) is 0 Å². The molecule has 0 heterocycles. The van der Waals surface area contributed by atoms with Crippen molar-refractivity contribution in [2.24, 2.45) is 0 Å². The van der Waals surface area contributed by atoms with Crippen molar-refractivity contribution in [1.29, 1.82) is 0 Å². The van der Waals surface area contributed by atoms with E-state index in [4.69, 9.17) is 59.9 Å². The molecule has 0 aromatic rings. The van der Waals surface area contributed by atoms with Crippen molar-refractivity contribution in [3.63, 3.8) is 0 Å². The van der Waals surface area contributed by atoms with Crippen LogP contribution in [0, 0.1) is 0 Å². The zero-order valence-corrected chi connectivity index (χ0v) is 15.7. The van der Waals surface area contributed by atoms with E-state index in [9.17, 15) is 0 Å². The third kappa shape index (κ3) is 10.3. The molecule has 0 amide bonds. The second kappa shape index (κ2) is 11.7. The minimum absolute atomic E-state index is 0.0795. The molecule has 10 heteroatoms. The van der Waals surface area contributed by atoms with Crippen LogP contribution in [0.4, 0.5) is 0 Å². The van der Waals surface area contributed by atoms with Gasteiger partial charge in [0.1, 0.15) is 0 Å². The fraction of sp³-hybridized carbons (Fsp3) is 0.667. The summed E-state index contributed by atoms with van der Waals surface area (Å²) >= 11 is 11.2. The molecule has 0 radical (unpaired) electrons. The van der Waals surface area contributed by atoms with Crippen molar-refractivity contribution in [3.05, 3.63) is 0 Å². The molecule has 0 aromatic heterocycles. The molecular formula is C9H15O6S3Sb. The van der Waals surface area contributed by atoms with Crippen LogP contribution in [0.5, 0.6) is 0 Å². The van der Waals surface area contributed by atoms with Crippen LogP contribution in [-0.2, 0) is 23.3 Å². The summed E-state index contributed by atoms with van der Waals surface area (Å²) in [5.41, 5.74) is 0. The van der Waals surface area contributed by atoms with Crippen LogP contribution in [0.15, 0.2) is 0 Å². The van der Waals surface area contributed by atoms with E-state index < -0.39 is 21.5 Å². The summed E-state index contributed by atoms with van der Waals surface area (Å²) in [6.07, 6.45) is 0. The molecule has 6 nitrogen and oxygen atoms in total. The Morgan fingerprint density at radius 2 is 0.947 bits per heavy atom. The summed E-state index contributed by atoms with van der Waals surface area (Å²) in [5, 5.41) is -0.239. The van der Waals surface area contributed by atoms with Crippen molar-refractivity contribution in [1.82, 2.24) is 0 Å². The van der Waals surface area contributed by atoms with Gasteiger partial charge in [-0.15, -0.1) is 0 Å².